The van der Waals surface area contributed by atoms with E-state index in [9.17, 15) is 29.1 Å². The van der Waals surface area contributed by atoms with Crippen LogP contribution in [0.25, 0.3) is 0 Å². The van der Waals surface area contributed by atoms with E-state index in [4.69, 9.17) is 4.42 Å². The van der Waals surface area contributed by atoms with Crippen LogP contribution in [0.1, 0.15) is 83.7 Å². The Labute approximate surface area is 262 Å². The van der Waals surface area contributed by atoms with E-state index in [0.29, 0.717) is 13.0 Å². The van der Waals surface area contributed by atoms with E-state index >= 15 is 0 Å². The highest BCUT2D eigenvalue weighted by atomic mass is 16.4. The molecule has 0 aliphatic carbocycles. The number of carboxylic acids is 1. The largest absolute Gasteiger partial charge is 0.481 e. The summed E-state index contributed by atoms with van der Waals surface area (Å²) < 4.78 is 5.99. The van der Waals surface area contributed by atoms with Gasteiger partial charge in [-0.1, -0.05) is 44.2 Å². The number of benzene rings is 1. The Hall–Kier alpha value is -4.33. The van der Waals surface area contributed by atoms with Crippen molar-refractivity contribution in [2.75, 3.05) is 6.54 Å². The van der Waals surface area contributed by atoms with Gasteiger partial charge in [0.05, 0.1) is 18.0 Å². The van der Waals surface area contributed by atoms with E-state index in [1.165, 1.54) is 0 Å². The Bertz CT molecular complexity index is 1390. The van der Waals surface area contributed by atoms with Crippen LogP contribution in [0.3, 0.4) is 0 Å². The number of hydrogen-bond acceptors (Lipinski definition) is 9. The zero-order valence-electron chi connectivity index (χ0n) is 26.3. The van der Waals surface area contributed by atoms with Gasteiger partial charge in [0.2, 0.25) is 35.4 Å². The first kappa shape index (κ1) is 33.6. The molecule has 0 spiro atoms. The van der Waals surface area contributed by atoms with Crippen LogP contribution < -0.4 is 21.3 Å². The summed E-state index contributed by atoms with van der Waals surface area (Å²) in [6.45, 7) is 9.62. The van der Waals surface area contributed by atoms with Gasteiger partial charge in [-0.3, -0.25) is 28.9 Å². The number of nitrogens with zero attached hydrogens (tertiary/aromatic N) is 3. The van der Waals surface area contributed by atoms with Gasteiger partial charge in [0.25, 0.3) is 0 Å². The first-order valence-electron chi connectivity index (χ1n) is 15.3. The minimum Gasteiger partial charge on any atom is -0.481 e. The van der Waals surface area contributed by atoms with Crippen LogP contribution in [0.4, 0.5) is 0 Å². The van der Waals surface area contributed by atoms with Crippen molar-refractivity contribution in [1.29, 1.82) is 0 Å². The average Bonchev–Trinajstić information content (AvgIpc) is 3.67. The molecular weight excluding hydrogens is 582 g/mol. The lowest BCUT2D eigenvalue weighted by molar-refractivity contribution is -0.141. The third-order valence-electron chi connectivity index (χ3n) is 8.23. The molecule has 1 saturated heterocycles. The van der Waals surface area contributed by atoms with Gasteiger partial charge in [-0.25, -0.2) is 0 Å². The van der Waals surface area contributed by atoms with E-state index in [1.54, 1.807) is 6.92 Å². The molecule has 4 rings (SSSR count). The third kappa shape index (κ3) is 8.24. The molecule has 5 atom stereocenters. The first-order valence-corrected chi connectivity index (χ1v) is 15.3. The number of carboxylic acid groups (broad SMARTS) is 1. The lowest BCUT2D eigenvalue weighted by atomic mass is 9.99. The van der Waals surface area contributed by atoms with Gasteiger partial charge in [0.1, 0.15) is 24.2 Å². The number of amides is 4. The van der Waals surface area contributed by atoms with Crippen molar-refractivity contribution >= 4 is 29.6 Å². The summed E-state index contributed by atoms with van der Waals surface area (Å²) in [6.07, 6.45) is 0.950. The SMILES string of the molecule is CC(C)C[C@@H]1NC(=O)[C@H](Cc2ccccc2)NC(=O)[C@@H]2CCCN2C(C)(C)c2nnc(o2)[C@H](C)NC(=O)[C@H](CC(=O)O)NC1=O. The van der Waals surface area contributed by atoms with Gasteiger partial charge in [-0.05, 0) is 51.5 Å². The van der Waals surface area contributed by atoms with Crippen molar-refractivity contribution in [3.8, 4) is 0 Å². The van der Waals surface area contributed by atoms with Gasteiger partial charge in [-0.15, -0.1) is 10.2 Å². The second-order valence-corrected chi connectivity index (χ2v) is 12.7. The van der Waals surface area contributed by atoms with Gasteiger partial charge < -0.3 is 30.8 Å². The Morgan fingerprint density at radius 3 is 2.24 bits per heavy atom. The molecule has 5 N–H and O–H groups in total. The fraction of sp³-hybridized carbons (Fsp3) is 0.581. The molecule has 45 heavy (non-hydrogen) atoms. The molecule has 14 heteroatoms. The quantitative estimate of drug-likeness (QED) is 0.311. The van der Waals surface area contributed by atoms with E-state index in [2.05, 4.69) is 31.5 Å². The van der Waals surface area contributed by atoms with Gasteiger partial charge in [0.15, 0.2) is 0 Å². The van der Waals surface area contributed by atoms with Crippen LogP contribution in [-0.4, -0.2) is 80.5 Å². The maximum Gasteiger partial charge on any atom is 0.305 e. The van der Waals surface area contributed by atoms with Crippen molar-refractivity contribution in [3.63, 3.8) is 0 Å². The predicted octanol–water partition coefficient (Wildman–Crippen LogP) is 1.18. The number of hydrogen-bond donors (Lipinski definition) is 5. The second kappa shape index (κ2) is 14.2. The van der Waals surface area contributed by atoms with E-state index in [1.807, 2.05) is 62.9 Å². The van der Waals surface area contributed by atoms with Crippen LogP contribution in [0, 0.1) is 5.92 Å². The summed E-state index contributed by atoms with van der Waals surface area (Å²) in [5.74, 6) is -3.44. The highest BCUT2D eigenvalue weighted by molar-refractivity contribution is 5.96. The number of carbonyl (C=O) groups is 5. The summed E-state index contributed by atoms with van der Waals surface area (Å²) in [6, 6.07) is 4.21. The molecule has 244 valence electrons. The van der Waals surface area contributed by atoms with Crippen LogP contribution in [0.5, 0.6) is 0 Å². The second-order valence-electron chi connectivity index (χ2n) is 12.7. The molecule has 0 saturated carbocycles. The van der Waals surface area contributed by atoms with Crippen LogP contribution in [-0.2, 0) is 35.9 Å². The molecule has 2 bridgehead atoms. The molecule has 3 heterocycles. The molecule has 0 unspecified atom stereocenters. The maximum absolute atomic E-state index is 13.9. The molecule has 1 fully saturated rings. The van der Waals surface area contributed by atoms with Crippen molar-refractivity contribution in [2.45, 2.75) is 102 Å². The molecular formula is C31H43N7O7. The summed E-state index contributed by atoms with van der Waals surface area (Å²) in [5, 5.41) is 28.7. The number of rotatable bonds is 6. The van der Waals surface area contributed by atoms with E-state index in [-0.39, 0.29) is 36.4 Å². The smallest absolute Gasteiger partial charge is 0.305 e. The summed E-state index contributed by atoms with van der Waals surface area (Å²) in [5.41, 5.74) is -0.0718. The predicted molar refractivity (Wildman–Crippen MR) is 161 cm³/mol. The number of aromatic nitrogens is 2. The number of aliphatic carboxylic acids is 1. The van der Waals surface area contributed by atoms with Crippen LogP contribution >= 0.6 is 0 Å². The first-order chi connectivity index (χ1) is 21.3. The van der Waals surface area contributed by atoms with Gasteiger partial charge in [0, 0.05) is 13.0 Å². The zero-order chi connectivity index (χ0) is 32.9. The average molecular weight is 626 g/mol. The molecule has 1 aromatic heterocycles. The number of carbonyl (C=O) groups excluding carboxylic acids is 4. The normalized spacial score (nSPS) is 26.6. The van der Waals surface area contributed by atoms with Crippen molar-refractivity contribution in [1.82, 2.24) is 36.4 Å². The highest BCUT2D eigenvalue weighted by Crippen LogP contribution is 2.34. The Morgan fingerprint density at radius 1 is 0.956 bits per heavy atom. The molecule has 2 aliphatic heterocycles. The molecule has 2 aromatic rings. The standard InChI is InChI=1S/C31H43N7O7/c1-17(2)14-20-26(42)34-22(16-24(39)40)25(41)32-18(3)29-36-37-30(45-29)31(4,5)38-13-9-12-23(38)28(44)35-21(27(43)33-20)15-19-10-7-6-8-11-19/h6-8,10-11,17-18,20-23H,9,12-16H2,1-5H3,(H,32,41)(H,33,43)(H,34,42)(H,35,44)(H,39,40)/t18-,20-,21-,22-,23-/m0/s1. The van der Waals surface area contributed by atoms with Crippen molar-refractivity contribution in [3.05, 3.63) is 47.7 Å². The lowest BCUT2D eigenvalue weighted by Gasteiger charge is -2.37. The molecule has 14 nitrogen and oxygen atoms in total. The fourth-order valence-corrected chi connectivity index (χ4v) is 5.82. The summed E-state index contributed by atoms with van der Waals surface area (Å²) in [7, 11) is 0. The summed E-state index contributed by atoms with van der Waals surface area (Å²) in [4.78, 5) is 68.1. The summed E-state index contributed by atoms with van der Waals surface area (Å²) >= 11 is 0. The Balaban J connectivity index is 1.75. The van der Waals surface area contributed by atoms with Gasteiger partial charge >= 0.3 is 5.97 Å². The molecule has 0 radical (unpaired) electrons. The third-order valence-corrected chi connectivity index (χ3v) is 8.23. The number of fused-ring (bicyclic) bond motifs is 3. The molecule has 4 amide bonds. The Morgan fingerprint density at radius 2 is 1.58 bits per heavy atom. The lowest BCUT2D eigenvalue weighted by Crippen LogP contribution is -2.59. The van der Waals surface area contributed by atoms with Crippen molar-refractivity contribution in [2.24, 2.45) is 5.92 Å². The zero-order valence-corrected chi connectivity index (χ0v) is 26.3. The molecule has 2 aliphatic rings. The van der Waals surface area contributed by atoms with E-state index < -0.39 is 65.9 Å². The minimum atomic E-state index is -1.45. The monoisotopic (exact) mass is 625 g/mol. The fourth-order valence-electron chi connectivity index (χ4n) is 5.82. The Kier molecular flexibility index (Phi) is 10.6. The maximum atomic E-state index is 13.9. The van der Waals surface area contributed by atoms with E-state index in [0.717, 1.165) is 12.0 Å². The van der Waals surface area contributed by atoms with Crippen LogP contribution in [0.2, 0.25) is 0 Å². The molecule has 1 aromatic carbocycles. The minimum absolute atomic E-state index is 0.0474. The number of nitrogens with one attached hydrogen (secondary N) is 4. The highest BCUT2D eigenvalue weighted by Gasteiger charge is 2.45. The van der Waals surface area contributed by atoms with Crippen LogP contribution in [0.15, 0.2) is 34.7 Å². The topological polar surface area (TPSA) is 196 Å². The van der Waals surface area contributed by atoms with Crippen molar-refractivity contribution < 1.29 is 33.5 Å². The van der Waals surface area contributed by atoms with Gasteiger partial charge in [-0.2, -0.15) is 0 Å².